The third-order valence-electron chi connectivity index (χ3n) is 2.02. The van der Waals surface area contributed by atoms with Gasteiger partial charge in [-0.2, -0.15) is 9.78 Å². The summed E-state index contributed by atoms with van der Waals surface area (Å²) in [5.74, 6) is 0. The van der Waals surface area contributed by atoms with Crippen LogP contribution in [0.15, 0.2) is 42.6 Å². The summed E-state index contributed by atoms with van der Waals surface area (Å²) in [5, 5.41) is 4.08. The van der Waals surface area contributed by atoms with Crippen molar-refractivity contribution in [2.75, 3.05) is 6.07 Å². The summed E-state index contributed by atoms with van der Waals surface area (Å²) >= 11 is 5.29. The number of nitrogens with zero attached hydrogens (tertiary/aromatic N) is 2. The van der Waals surface area contributed by atoms with E-state index in [1.54, 1.807) is 6.07 Å². The molecule has 0 aliphatic heterocycles. The molecule has 0 aliphatic carbocycles. The minimum absolute atomic E-state index is 0.181. The van der Waals surface area contributed by atoms with Gasteiger partial charge in [0, 0.05) is 11.8 Å². The van der Waals surface area contributed by atoms with Crippen LogP contribution in [0.25, 0.3) is 11.3 Å². The van der Waals surface area contributed by atoms with E-state index in [4.69, 9.17) is 11.6 Å². The molecule has 1 aromatic carbocycles. The molecule has 0 N–H and O–H groups in total. The van der Waals surface area contributed by atoms with Crippen LogP contribution in [0.4, 0.5) is 4.79 Å². The first-order chi connectivity index (χ1) is 7.81. The molecule has 0 aliphatic rings. The summed E-state index contributed by atoms with van der Waals surface area (Å²) in [5.41, 5.74) is 1.66. The molecule has 5 heteroatoms. The van der Waals surface area contributed by atoms with E-state index in [0.29, 0.717) is 5.69 Å². The van der Waals surface area contributed by atoms with E-state index < -0.39 is 6.09 Å². The van der Waals surface area contributed by atoms with Gasteiger partial charge in [0.2, 0.25) is 0 Å². The highest BCUT2D eigenvalue weighted by Gasteiger charge is 2.08. The Morgan fingerprint density at radius 1 is 1.31 bits per heavy atom. The molecule has 0 atom stereocenters. The van der Waals surface area contributed by atoms with Crippen molar-refractivity contribution in [3.63, 3.8) is 0 Å². The lowest BCUT2D eigenvalue weighted by Gasteiger charge is -1.98. The second-order valence-electron chi connectivity index (χ2n) is 3.03. The van der Waals surface area contributed by atoms with Crippen LogP contribution >= 0.6 is 11.6 Å². The molecule has 0 unspecified atom stereocenters. The Kier molecular flexibility index (Phi) is 3.22. The number of ether oxygens (including phenoxy) is 1. The van der Waals surface area contributed by atoms with Gasteiger partial charge in [-0.3, -0.25) is 0 Å². The molecule has 0 saturated carbocycles. The van der Waals surface area contributed by atoms with Crippen molar-refractivity contribution in [1.82, 2.24) is 9.78 Å². The zero-order chi connectivity index (χ0) is 11.4. The Morgan fingerprint density at radius 2 is 2.06 bits per heavy atom. The molecule has 16 heavy (non-hydrogen) atoms. The second-order valence-corrected chi connectivity index (χ2v) is 3.25. The van der Waals surface area contributed by atoms with E-state index in [1.165, 1.54) is 6.20 Å². The fourth-order valence-corrected chi connectivity index (χ4v) is 1.39. The van der Waals surface area contributed by atoms with Crippen molar-refractivity contribution in [3.8, 4) is 11.3 Å². The standard InChI is InChI=1S/C11H9ClN2O2/c12-8-16-11(15)14-7-6-10(13-14)9-4-2-1-3-5-9/h1-7H,8H2. The number of aromatic nitrogens is 2. The highest BCUT2D eigenvalue weighted by Crippen LogP contribution is 2.15. The van der Waals surface area contributed by atoms with Crippen LogP contribution in [0.2, 0.25) is 0 Å². The van der Waals surface area contributed by atoms with Gasteiger partial charge >= 0.3 is 6.09 Å². The normalized spacial score (nSPS) is 10.1. The number of benzene rings is 1. The molecule has 2 rings (SSSR count). The first kappa shape index (κ1) is 10.7. The molecule has 1 aromatic heterocycles. The highest BCUT2D eigenvalue weighted by molar-refractivity contribution is 6.17. The van der Waals surface area contributed by atoms with Crippen LogP contribution in [0, 0.1) is 0 Å². The largest absolute Gasteiger partial charge is 0.435 e. The highest BCUT2D eigenvalue weighted by atomic mass is 35.5. The summed E-state index contributed by atoms with van der Waals surface area (Å²) in [6, 6.07) is 11.1. The summed E-state index contributed by atoms with van der Waals surface area (Å²) in [6.45, 7) is 0. The van der Waals surface area contributed by atoms with Crippen molar-refractivity contribution in [3.05, 3.63) is 42.6 Å². The van der Waals surface area contributed by atoms with Crippen LogP contribution < -0.4 is 0 Å². The number of rotatable bonds is 2. The van der Waals surface area contributed by atoms with Crippen LogP contribution in [-0.2, 0) is 4.74 Å². The Balaban J connectivity index is 2.23. The van der Waals surface area contributed by atoms with Gasteiger partial charge in [-0.1, -0.05) is 41.9 Å². The molecular formula is C11H9ClN2O2. The van der Waals surface area contributed by atoms with E-state index in [1.807, 2.05) is 30.3 Å². The van der Waals surface area contributed by atoms with Gasteiger partial charge < -0.3 is 4.74 Å². The van der Waals surface area contributed by atoms with Gasteiger partial charge in [-0.15, -0.1) is 0 Å². The van der Waals surface area contributed by atoms with Crippen LogP contribution in [0.5, 0.6) is 0 Å². The molecule has 0 radical (unpaired) electrons. The summed E-state index contributed by atoms with van der Waals surface area (Å²) in [6.07, 6.45) is 0.953. The molecular weight excluding hydrogens is 228 g/mol. The number of alkyl halides is 1. The lowest BCUT2D eigenvalue weighted by Crippen LogP contribution is -2.13. The third kappa shape index (κ3) is 2.23. The van der Waals surface area contributed by atoms with Gasteiger partial charge in [-0.05, 0) is 6.07 Å². The second kappa shape index (κ2) is 4.81. The average Bonchev–Trinajstić information content (AvgIpc) is 2.80. The lowest BCUT2D eigenvalue weighted by atomic mass is 10.2. The van der Waals surface area contributed by atoms with Crippen molar-refractivity contribution in [2.24, 2.45) is 0 Å². The zero-order valence-corrected chi connectivity index (χ0v) is 9.09. The number of halogens is 1. The molecule has 0 saturated heterocycles. The molecule has 4 nitrogen and oxygen atoms in total. The van der Waals surface area contributed by atoms with Crippen molar-refractivity contribution in [1.29, 1.82) is 0 Å². The Bertz CT molecular complexity index is 482. The van der Waals surface area contributed by atoms with Gasteiger partial charge in [0.25, 0.3) is 0 Å². The van der Waals surface area contributed by atoms with Crippen molar-refractivity contribution >= 4 is 17.7 Å². The van der Waals surface area contributed by atoms with Gasteiger partial charge in [0.05, 0.1) is 5.69 Å². The third-order valence-corrected chi connectivity index (χ3v) is 2.13. The molecule has 0 spiro atoms. The van der Waals surface area contributed by atoms with Gasteiger partial charge in [0.15, 0.2) is 6.07 Å². The maximum absolute atomic E-state index is 11.3. The molecule has 82 valence electrons. The average molecular weight is 237 g/mol. The van der Waals surface area contributed by atoms with Gasteiger partial charge in [0.1, 0.15) is 0 Å². The van der Waals surface area contributed by atoms with E-state index in [9.17, 15) is 4.79 Å². The fraction of sp³-hybridized carbons (Fsp3) is 0.0909. The summed E-state index contributed by atoms with van der Waals surface area (Å²) in [7, 11) is 0. The molecule has 0 bridgehead atoms. The SMILES string of the molecule is O=C(OCCl)n1ccc(-c2ccccc2)n1. The number of hydrogen-bond acceptors (Lipinski definition) is 3. The van der Waals surface area contributed by atoms with E-state index >= 15 is 0 Å². The maximum atomic E-state index is 11.3. The van der Waals surface area contributed by atoms with Crippen molar-refractivity contribution in [2.45, 2.75) is 0 Å². The van der Waals surface area contributed by atoms with Gasteiger partial charge in [-0.25, -0.2) is 4.79 Å². The fourth-order valence-electron chi connectivity index (χ4n) is 1.30. The zero-order valence-electron chi connectivity index (χ0n) is 8.34. The van der Waals surface area contributed by atoms with Crippen molar-refractivity contribution < 1.29 is 9.53 Å². The first-order valence-corrected chi connectivity index (χ1v) is 5.19. The predicted molar refractivity (Wildman–Crippen MR) is 60.3 cm³/mol. The molecule has 1 heterocycles. The minimum atomic E-state index is -0.586. The summed E-state index contributed by atoms with van der Waals surface area (Å²) in [4.78, 5) is 11.3. The lowest BCUT2D eigenvalue weighted by molar-refractivity contribution is 0.163. The van der Waals surface area contributed by atoms with E-state index in [0.717, 1.165) is 10.2 Å². The number of hydrogen-bond donors (Lipinski definition) is 0. The molecule has 0 fully saturated rings. The first-order valence-electron chi connectivity index (χ1n) is 4.65. The molecule has 0 amide bonds. The predicted octanol–water partition coefficient (Wildman–Crippen LogP) is 2.73. The topological polar surface area (TPSA) is 44.1 Å². The maximum Gasteiger partial charge on any atom is 0.435 e. The smallest absolute Gasteiger partial charge is 0.432 e. The van der Waals surface area contributed by atoms with Crippen LogP contribution in [-0.4, -0.2) is 21.9 Å². The molecule has 2 aromatic rings. The Labute approximate surface area is 97.4 Å². The van der Waals surface area contributed by atoms with E-state index in [2.05, 4.69) is 9.84 Å². The van der Waals surface area contributed by atoms with Crippen LogP contribution in [0.1, 0.15) is 0 Å². The quantitative estimate of drug-likeness (QED) is 0.753. The Hall–Kier alpha value is -1.81. The van der Waals surface area contributed by atoms with E-state index in [-0.39, 0.29) is 6.07 Å². The monoisotopic (exact) mass is 236 g/mol. The number of carbonyl (C=O) groups is 1. The summed E-state index contributed by atoms with van der Waals surface area (Å²) < 4.78 is 5.72. The number of carbonyl (C=O) groups excluding carboxylic acids is 1. The Morgan fingerprint density at radius 3 is 2.75 bits per heavy atom. The van der Waals surface area contributed by atoms with Crippen LogP contribution in [0.3, 0.4) is 0 Å². The minimum Gasteiger partial charge on any atom is -0.432 e.